The average Bonchev–Trinajstić information content (AvgIpc) is 3.09. The molecule has 0 radical (unpaired) electrons. The van der Waals surface area contributed by atoms with E-state index in [9.17, 15) is 9.18 Å². The molecule has 3 aromatic rings. The molecule has 7 heteroatoms. The maximum atomic E-state index is 13.0. The number of rotatable bonds is 8. The van der Waals surface area contributed by atoms with Gasteiger partial charge in [0, 0.05) is 19.5 Å². The van der Waals surface area contributed by atoms with Crippen LogP contribution < -0.4 is 5.32 Å². The second-order valence-corrected chi connectivity index (χ2v) is 7.72. The van der Waals surface area contributed by atoms with Crippen molar-refractivity contribution < 1.29 is 9.18 Å². The van der Waals surface area contributed by atoms with E-state index in [1.807, 2.05) is 36.6 Å². The van der Waals surface area contributed by atoms with Gasteiger partial charge in [-0.15, -0.1) is 10.2 Å². The van der Waals surface area contributed by atoms with Gasteiger partial charge >= 0.3 is 0 Å². The molecule has 0 spiro atoms. The number of halogens is 1. The summed E-state index contributed by atoms with van der Waals surface area (Å²) < 4.78 is 15.0. The molecular formula is C21H23FN4OS. The van der Waals surface area contributed by atoms with Gasteiger partial charge in [0.25, 0.3) is 0 Å². The van der Waals surface area contributed by atoms with Gasteiger partial charge in [-0.3, -0.25) is 4.79 Å². The van der Waals surface area contributed by atoms with Crippen LogP contribution >= 0.6 is 11.8 Å². The van der Waals surface area contributed by atoms with Gasteiger partial charge in [-0.1, -0.05) is 54.2 Å². The van der Waals surface area contributed by atoms with Gasteiger partial charge < -0.3 is 9.88 Å². The minimum atomic E-state index is -0.320. The van der Waals surface area contributed by atoms with Crippen LogP contribution in [0.1, 0.15) is 30.8 Å². The molecule has 1 aromatic heterocycles. The molecule has 2 aromatic carbocycles. The fourth-order valence-electron chi connectivity index (χ4n) is 2.78. The maximum Gasteiger partial charge on any atom is 0.233 e. The van der Waals surface area contributed by atoms with Gasteiger partial charge in [0.15, 0.2) is 5.16 Å². The Labute approximate surface area is 168 Å². The Morgan fingerprint density at radius 1 is 1.11 bits per heavy atom. The van der Waals surface area contributed by atoms with E-state index >= 15 is 0 Å². The van der Waals surface area contributed by atoms with E-state index in [0.717, 1.165) is 23.1 Å². The number of benzene rings is 2. The van der Waals surface area contributed by atoms with Crippen molar-refractivity contribution in [3.63, 3.8) is 0 Å². The average molecular weight is 399 g/mol. The van der Waals surface area contributed by atoms with E-state index in [-0.39, 0.29) is 17.0 Å². The number of carbonyl (C=O) groups excluding carboxylic acids is 1. The molecule has 1 heterocycles. The van der Waals surface area contributed by atoms with Gasteiger partial charge in [-0.25, -0.2) is 4.39 Å². The van der Waals surface area contributed by atoms with Crippen molar-refractivity contribution in [2.75, 3.05) is 0 Å². The van der Waals surface area contributed by atoms with E-state index in [1.54, 1.807) is 12.1 Å². The van der Waals surface area contributed by atoms with E-state index in [0.29, 0.717) is 13.0 Å². The predicted molar refractivity (Wildman–Crippen MR) is 109 cm³/mol. The van der Waals surface area contributed by atoms with Gasteiger partial charge in [0.2, 0.25) is 5.91 Å². The van der Waals surface area contributed by atoms with Crippen LogP contribution in [0, 0.1) is 5.82 Å². The standard InChI is InChI=1S/C21H23FN4OS/c1-3-26-19(13-16-7-5-4-6-8-16)24-25-21(26)28-15(2)20(27)23-14-17-9-11-18(22)12-10-17/h4-12,15H,3,13-14H2,1-2H3,(H,23,27). The van der Waals surface area contributed by atoms with E-state index in [4.69, 9.17) is 0 Å². The topological polar surface area (TPSA) is 59.8 Å². The largest absolute Gasteiger partial charge is 0.351 e. The van der Waals surface area contributed by atoms with Crippen molar-refractivity contribution in [1.82, 2.24) is 20.1 Å². The molecule has 1 amide bonds. The van der Waals surface area contributed by atoms with Crippen molar-refractivity contribution >= 4 is 17.7 Å². The Balaban J connectivity index is 1.60. The smallest absolute Gasteiger partial charge is 0.233 e. The zero-order valence-electron chi connectivity index (χ0n) is 15.9. The van der Waals surface area contributed by atoms with Crippen LogP contribution in [-0.4, -0.2) is 25.9 Å². The predicted octanol–water partition coefficient (Wildman–Crippen LogP) is 3.82. The molecule has 1 N–H and O–H groups in total. The van der Waals surface area contributed by atoms with Crippen molar-refractivity contribution in [3.8, 4) is 0 Å². The minimum absolute atomic E-state index is 0.0930. The van der Waals surface area contributed by atoms with Gasteiger partial charge in [-0.2, -0.15) is 0 Å². The van der Waals surface area contributed by atoms with Crippen molar-refractivity contribution in [3.05, 3.63) is 77.4 Å². The number of nitrogens with zero attached hydrogens (tertiary/aromatic N) is 3. The Kier molecular flexibility index (Phi) is 6.81. The number of nitrogens with one attached hydrogen (secondary N) is 1. The molecule has 28 heavy (non-hydrogen) atoms. The number of hydrogen-bond acceptors (Lipinski definition) is 4. The summed E-state index contributed by atoms with van der Waals surface area (Å²) in [6.45, 7) is 4.99. The molecule has 1 unspecified atom stereocenters. The molecule has 3 rings (SSSR count). The zero-order chi connectivity index (χ0) is 19.9. The summed E-state index contributed by atoms with van der Waals surface area (Å²) in [4.78, 5) is 12.4. The summed E-state index contributed by atoms with van der Waals surface area (Å²) >= 11 is 1.39. The first kappa shape index (κ1) is 20.1. The summed E-state index contributed by atoms with van der Waals surface area (Å²) in [7, 11) is 0. The second-order valence-electron chi connectivity index (χ2n) is 6.41. The van der Waals surface area contributed by atoms with Crippen LogP contribution in [0.15, 0.2) is 59.8 Å². The molecule has 0 bridgehead atoms. The first-order chi connectivity index (χ1) is 13.6. The summed E-state index contributed by atoms with van der Waals surface area (Å²) in [5, 5.41) is 11.9. The van der Waals surface area contributed by atoms with Gasteiger partial charge in [0.1, 0.15) is 11.6 Å². The number of thioether (sulfide) groups is 1. The Hall–Kier alpha value is -2.67. The molecule has 146 valence electrons. The van der Waals surface area contributed by atoms with Gasteiger partial charge in [-0.05, 0) is 37.1 Å². The lowest BCUT2D eigenvalue weighted by Crippen LogP contribution is -2.30. The van der Waals surface area contributed by atoms with E-state index in [2.05, 4.69) is 27.6 Å². The highest BCUT2D eigenvalue weighted by molar-refractivity contribution is 8.00. The number of hydrogen-bond donors (Lipinski definition) is 1. The van der Waals surface area contributed by atoms with E-state index < -0.39 is 0 Å². The lowest BCUT2D eigenvalue weighted by molar-refractivity contribution is -0.120. The zero-order valence-corrected chi connectivity index (χ0v) is 16.7. The highest BCUT2D eigenvalue weighted by atomic mass is 32.2. The highest BCUT2D eigenvalue weighted by Gasteiger charge is 2.19. The first-order valence-electron chi connectivity index (χ1n) is 9.21. The van der Waals surface area contributed by atoms with Crippen LogP contribution in [0.3, 0.4) is 0 Å². The Morgan fingerprint density at radius 2 is 1.82 bits per heavy atom. The van der Waals surface area contributed by atoms with Crippen LogP contribution in [0.5, 0.6) is 0 Å². The molecular weight excluding hydrogens is 375 g/mol. The molecule has 0 aliphatic heterocycles. The maximum absolute atomic E-state index is 13.0. The first-order valence-corrected chi connectivity index (χ1v) is 10.1. The minimum Gasteiger partial charge on any atom is -0.351 e. The third-order valence-corrected chi connectivity index (χ3v) is 5.43. The quantitative estimate of drug-likeness (QED) is 0.586. The van der Waals surface area contributed by atoms with Gasteiger partial charge in [0.05, 0.1) is 5.25 Å². The molecule has 0 fully saturated rings. The lowest BCUT2D eigenvalue weighted by atomic mass is 10.1. The second kappa shape index (κ2) is 9.50. The van der Waals surface area contributed by atoms with E-state index in [1.165, 1.54) is 29.5 Å². The molecule has 0 aliphatic rings. The molecule has 1 atom stereocenters. The van der Waals surface area contributed by atoms with Crippen LogP contribution in [-0.2, 0) is 24.3 Å². The van der Waals surface area contributed by atoms with Crippen LogP contribution in [0.4, 0.5) is 4.39 Å². The van der Waals surface area contributed by atoms with Crippen LogP contribution in [0.2, 0.25) is 0 Å². The van der Waals surface area contributed by atoms with Crippen molar-refractivity contribution in [2.45, 2.75) is 43.8 Å². The SMILES string of the molecule is CCn1c(Cc2ccccc2)nnc1SC(C)C(=O)NCc1ccc(F)cc1. The number of amides is 1. The van der Waals surface area contributed by atoms with Crippen molar-refractivity contribution in [1.29, 1.82) is 0 Å². The molecule has 0 aliphatic carbocycles. The Bertz CT molecular complexity index is 912. The highest BCUT2D eigenvalue weighted by Crippen LogP contribution is 2.23. The fourth-order valence-corrected chi connectivity index (χ4v) is 3.74. The van der Waals surface area contributed by atoms with Crippen molar-refractivity contribution in [2.24, 2.45) is 0 Å². The monoisotopic (exact) mass is 398 g/mol. The number of carbonyl (C=O) groups is 1. The molecule has 0 saturated heterocycles. The Morgan fingerprint density at radius 3 is 2.50 bits per heavy atom. The van der Waals surface area contributed by atoms with Crippen LogP contribution in [0.25, 0.3) is 0 Å². The summed E-state index contributed by atoms with van der Waals surface area (Å²) in [6.07, 6.45) is 0.702. The molecule has 0 saturated carbocycles. The normalized spacial score (nSPS) is 12.0. The molecule has 5 nitrogen and oxygen atoms in total. The number of aromatic nitrogens is 3. The summed E-state index contributed by atoms with van der Waals surface area (Å²) in [5.74, 6) is 0.504. The summed E-state index contributed by atoms with van der Waals surface area (Å²) in [5.41, 5.74) is 2.03. The summed E-state index contributed by atoms with van der Waals surface area (Å²) in [6, 6.07) is 16.2. The fraction of sp³-hybridized carbons (Fsp3) is 0.286. The third kappa shape index (κ3) is 5.19. The third-order valence-electron chi connectivity index (χ3n) is 4.35. The lowest BCUT2D eigenvalue weighted by Gasteiger charge is -2.13.